The molecule has 1 aromatic heterocycles. The second-order valence-electron chi connectivity index (χ2n) is 13.5. The number of nitriles is 1. The summed E-state index contributed by atoms with van der Waals surface area (Å²) in [6, 6.07) is 53.2. The van der Waals surface area contributed by atoms with Crippen molar-refractivity contribution in [1.82, 2.24) is 15.0 Å². The first-order valence-electron chi connectivity index (χ1n) is 17.5. The molecule has 0 saturated heterocycles. The zero-order valence-electron chi connectivity index (χ0n) is 27.7. The van der Waals surface area contributed by atoms with Crippen LogP contribution in [0.5, 0.6) is 0 Å². The van der Waals surface area contributed by atoms with E-state index in [0.29, 0.717) is 17.5 Å². The van der Waals surface area contributed by atoms with E-state index < -0.39 is 0 Å². The van der Waals surface area contributed by atoms with Crippen LogP contribution >= 0.6 is 0 Å². The average Bonchev–Trinajstić information content (AvgIpc) is 3.45. The summed E-state index contributed by atoms with van der Waals surface area (Å²) in [6.07, 6.45) is 5.99. The SMILES string of the molecule is N#Cc1ccc2c(c1)C1(CCCCC1)c1cc(-c3cccc(-c4ccc(-c5nc(-c6ccccc6)nc(-c6ccccc6)n5)cc4)c3)ccc1-2. The van der Waals surface area contributed by atoms with E-state index in [2.05, 4.69) is 84.9 Å². The van der Waals surface area contributed by atoms with Crippen LogP contribution < -0.4 is 0 Å². The zero-order chi connectivity index (χ0) is 33.5. The Morgan fingerprint density at radius 1 is 0.420 bits per heavy atom. The van der Waals surface area contributed by atoms with Gasteiger partial charge in [-0.05, 0) is 81.6 Å². The average molecular weight is 643 g/mol. The molecule has 238 valence electrons. The summed E-state index contributed by atoms with van der Waals surface area (Å²) < 4.78 is 0. The van der Waals surface area contributed by atoms with E-state index in [1.165, 1.54) is 52.6 Å². The third-order valence-electron chi connectivity index (χ3n) is 10.6. The highest BCUT2D eigenvalue weighted by atomic mass is 15.0. The molecule has 1 heterocycles. The van der Waals surface area contributed by atoms with Gasteiger partial charge in [-0.3, -0.25) is 0 Å². The van der Waals surface area contributed by atoms with E-state index >= 15 is 0 Å². The van der Waals surface area contributed by atoms with Gasteiger partial charge in [0, 0.05) is 22.1 Å². The lowest BCUT2D eigenvalue weighted by Gasteiger charge is -2.36. The van der Waals surface area contributed by atoms with Crippen LogP contribution in [0.15, 0.2) is 146 Å². The van der Waals surface area contributed by atoms with E-state index in [-0.39, 0.29) is 5.41 Å². The topological polar surface area (TPSA) is 62.5 Å². The molecule has 1 spiro atoms. The molecule has 2 aliphatic carbocycles. The fourth-order valence-corrected chi connectivity index (χ4v) is 8.07. The number of hydrogen-bond donors (Lipinski definition) is 0. The molecule has 0 unspecified atom stereocenters. The summed E-state index contributed by atoms with van der Waals surface area (Å²) in [6.45, 7) is 0. The summed E-state index contributed by atoms with van der Waals surface area (Å²) in [5.41, 5.74) is 13.7. The van der Waals surface area contributed by atoms with Gasteiger partial charge in [-0.25, -0.2) is 15.0 Å². The van der Waals surface area contributed by atoms with E-state index in [1.54, 1.807) is 0 Å². The molecular weight excluding hydrogens is 609 g/mol. The van der Waals surface area contributed by atoms with Crippen LogP contribution in [0, 0.1) is 11.3 Å². The number of benzene rings is 6. The molecule has 6 aromatic carbocycles. The molecule has 1 fully saturated rings. The van der Waals surface area contributed by atoms with Gasteiger partial charge in [0.05, 0.1) is 11.6 Å². The second-order valence-corrected chi connectivity index (χ2v) is 13.5. The van der Waals surface area contributed by atoms with Crippen molar-refractivity contribution in [3.05, 3.63) is 162 Å². The number of nitrogens with zero attached hydrogens (tertiary/aromatic N) is 4. The van der Waals surface area contributed by atoms with E-state index in [1.807, 2.05) is 66.7 Å². The predicted molar refractivity (Wildman–Crippen MR) is 201 cm³/mol. The lowest BCUT2D eigenvalue weighted by molar-refractivity contribution is 0.353. The summed E-state index contributed by atoms with van der Waals surface area (Å²) >= 11 is 0. The highest BCUT2D eigenvalue weighted by Crippen LogP contribution is 2.56. The van der Waals surface area contributed by atoms with Crippen molar-refractivity contribution in [3.8, 4) is 73.6 Å². The smallest absolute Gasteiger partial charge is 0.164 e. The molecule has 0 amide bonds. The highest BCUT2D eigenvalue weighted by molar-refractivity contribution is 5.85. The number of aromatic nitrogens is 3. The largest absolute Gasteiger partial charge is 0.208 e. The van der Waals surface area contributed by atoms with Gasteiger partial charge >= 0.3 is 0 Å². The summed E-state index contributed by atoms with van der Waals surface area (Å²) in [4.78, 5) is 14.7. The fourth-order valence-electron chi connectivity index (χ4n) is 8.07. The minimum atomic E-state index is -0.00495. The van der Waals surface area contributed by atoms with Crippen LogP contribution in [-0.2, 0) is 5.41 Å². The van der Waals surface area contributed by atoms with Gasteiger partial charge in [0.1, 0.15) is 0 Å². The number of fused-ring (bicyclic) bond motifs is 5. The van der Waals surface area contributed by atoms with Gasteiger partial charge in [-0.15, -0.1) is 0 Å². The van der Waals surface area contributed by atoms with Crippen LogP contribution in [0.1, 0.15) is 48.8 Å². The first-order chi connectivity index (χ1) is 24.7. The molecular formula is C46H34N4. The van der Waals surface area contributed by atoms with Crippen LogP contribution in [0.2, 0.25) is 0 Å². The summed E-state index contributed by atoms with van der Waals surface area (Å²) in [5.74, 6) is 1.96. The summed E-state index contributed by atoms with van der Waals surface area (Å²) in [5, 5.41) is 9.71. The van der Waals surface area contributed by atoms with Crippen LogP contribution in [0.4, 0.5) is 0 Å². The Morgan fingerprint density at radius 2 is 0.880 bits per heavy atom. The van der Waals surface area contributed by atoms with E-state index in [4.69, 9.17) is 15.0 Å². The van der Waals surface area contributed by atoms with Gasteiger partial charge < -0.3 is 0 Å². The van der Waals surface area contributed by atoms with Gasteiger partial charge in [-0.2, -0.15) is 5.26 Å². The predicted octanol–water partition coefficient (Wildman–Crippen LogP) is 11.3. The van der Waals surface area contributed by atoms with Crippen molar-refractivity contribution < 1.29 is 0 Å². The second kappa shape index (κ2) is 12.4. The quantitative estimate of drug-likeness (QED) is 0.187. The molecule has 0 aliphatic heterocycles. The molecule has 50 heavy (non-hydrogen) atoms. The molecule has 0 atom stereocenters. The highest BCUT2D eigenvalue weighted by Gasteiger charge is 2.44. The Kier molecular flexibility index (Phi) is 7.40. The number of rotatable bonds is 5. The van der Waals surface area contributed by atoms with Crippen molar-refractivity contribution in [1.29, 1.82) is 5.26 Å². The molecule has 2 aliphatic rings. The van der Waals surface area contributed by atoms with Gasteiger partial charge in [0.25, 0.3) is 0 Å². The molecule has 9 rings (SSSR count). The van der Waals surface area contributed by atoms with Crippen molar-refractivity contribution in [2.45, 2.75) is 37.5 Å². The normalized spacial score (nSPS) is 14.1. The van der Waals surface area contributed by atoms with E-state index in [9.17, 15) is 5.26 Å². The Morgan fingerprint density at radius 3 is 1.48 bits per heavy atom. The maximum absolute atomic E-state index is 9.71. The van der Waals surface area contributed by atoms with Gasteiger partial charge in [0.15, 0.2) is 17.5 Å². The fraction of sp³-hybridized carbons (Fsp3) is 0.130. The molecule has 7 aromatic rings. The van der Waals surface area contributed by atoms with Gasteiger partial charge in [-0.1, -0.05) is 141 Å². The maximum Gasteiger partial charge on any atom is 0.164 e. The number of hydrogen-bond acceptors (Lipinski definition) is 4. The molecule has 1 saturated carbocycles. The zero-order valence-corrected chi connectivity index (χ0v) is 27.7. The standard InChI is InChI=1S/C46H34N4/c47-30-31-17-23-39-40-24-22-38(29-42(40)46(41(39)27-31)25-8-3-9-26-46)37-16-10-15-36(28-37)32-18-20-35(21-19-32)45-49-43(33-11-4-1-5-12-33)48-44(50-45)34-13-6-2-7-14-34/h1-2,4-7,10-24,27-29H,3,8-9,25-26H2. The van der Waals surface area contributed by atoms with Crippen LogP contribution in [0.25, 0.3) is 67.5 Å². The minimum absolute atomic E-state index is 0.00495. The lowest BCUT2D eigenvalue weighted by atomic mass is 9.67. The van der Waals surface area contributed by atoms with Gasteiger partial charge in [0.2, 0.25) is 0 Å². The summed E-state index contributed by atoms with van der Waals surface area (Å²) in [7, 11) is 0. The Hall–Kier alpha value is -6.18. The maximum atomic E-state index is 9.71. The minimum Gasteiger partial charge on any atom is -0.208 e. The van der Waals surface area contributed by atoms with E-state index in [0.717, 1.165) is 46.2 Å². The molecule has 4 nitrogen and oxygen atoms in total. The van der Waals surface area contributed by atoms with Crippen LogP contribution in [-0.4, -0.2) is 15.0 Å². The molecule has 0 radical (unpaired) electrons. The van der Waals surface area contributed by atoms with Crippen molar-refractivity contribution in [3.63, 3.8) is 0 Å². The van der Waals surface area contributed by atoms with Crippen molar-refractivity contribution in [2.24, 2.45) is 0 Å². The first-order valence-corrected chi connectivity index (χ1v) is 17.5. The Labute approximate surface area is 292 Å². The molecule has 0 N–H and O–H groups in total. The third kappa shape index (κ3) is 5.19. The van der Waals surface area contributed by atoms with Crippen molar-refractivity contribution in [2.75, 3.05) is 0 Å². The van der Waals surface area contributed by atoms with Crippen LogP contribution in [0.3, 0.4) is 0 Å². The third-order valence-corrected chi connectivity index (χ3v) is 10.6. The lowest BCUT2D eigenvalue weighted by Crippen LogP contribution is -2.28. The first kappa shape index (κ1) is 29.9. The Bertz CT molecular complexity index is 2340. The Balaban J connectivity index is 1.06. The monoisotopic (exact) mass is 642 g/mol. The van der Waals surface area contributed by atoms with Crippen molar-refractivity contribution >= 4 is 0 Å². The molecule has 0 bridgehead atoms. The molecule has 4 heteroatoms.